The van der Waals surface area contributed by atoms with Crippen LogP contribution in [0.4, 0.5) is 4.39 Å². The van der Waals surface area contributed by atoms with E-state index < -0.39 is 5.82 Å². The van der Waals surface area contributed by atoms with Gasteiger partial charge in [-0.1, -0.05) is 11.8 Å². The van der Waals surface area contributed by atoms with Gasteiger partial charge in [0.05, 0.1) is 12.9 Å². The topological polar surface area (TPSA) is 67.9 Å². The number of aromatic amines is 1. The van der Waals surface area contributed by atoms with E-state index in [9.17, 15) is 9.18 Å². The van der Waals surface area contributed by atoms with Gasteiger partial charge in [0.2, 0.25) is 0 Å². The molecule has 0 saturated heterocycles. The first kappa shape index (κ1) is 12.6. The van der Waals surface area contributed by atoms with Crippen molar-refractivity contribution in [1.29, 1.82) is 0 Å². The zero-order chi connectivity index (χ0) is 13.0. The third-order valence-electron chi connectivity index (χ3n) is 2.21. The lowest BCUT2D eigenvalue weighted by molar-refractivity contribution is 0.102. The van der Waals surface area contributed by atoms with Crippen LogP contribution in [0, 0.1) is 5.82 Å². The maximum absolute atomic E-state index is 13.4. The lowest BCUT2D eigenvalue weighted by atomic mass is 10.1. The highest BCUT2D eigenvalue weighted by atomic mass is 32.2. The highest BCUT2D eigenvalue weighted by Gasteiger charge is 2.11. The number of rotatable bonds is 5. The molecule has 0 amide bonds. The van der Waals surface area contributed by atoms with Gasteiger partial charge in [-0.05, 0) is 18.2 Å². The van der Waals surface area contributed by atoms with E-state index in [0.29, 0.717) is 10.7 Å². The molecule has 2 aromatic rings. The van der Waals surface area contributed by atoms with Gasteiger partial charge >= 0.3 is 0 Å². The molecule has 0 radical (unpaired) electrons. The highest BCUT2D eigenvalue weighted by Crippen LogP contribution is 2.20. The van der Waals surface area contributed by atoms with Crippen molar-refractivity contribution in [2.75, 3.05) is 12.9 Å². The molecule has 1 aromatic carbocycles. The Morgan fingerprint density at radius 3 is 3.00 bits per heavy atom. The number of ether oxygens (including phenoxy) is 1. The molecular weight excluding hydrogens is 257 g/mol. The molecule has 0 spiro atoms. The molecule has 0 unspecified atom stereocenters. The largest absolute Gasteiger partial charge is 0.494 e. The SMILES string of the molecule is COc1ccc(C(=O)CSc2ncn[nH]2)cc1F. The third-order valence-corrected chi connectivity index (χ3v) is 3.08. The first-order valence-electron chi connectivity index (χ1n) is 5.05. The van der Waals surface area contributed by atoms with Crippen LogP contribution in [-0.4, -0.2) is 33.8 Å². The molecule has 7 heteroatoms. The van der Waals surface area contributed by atoms with Crippen molar-refractivity contribution < 1.29 is 13.9 Å². The summed E-state index contributed by atoms with van der Waals surface area (Å²) in [6.45, 7) is 0. The summed E-state index contributed by atoms with van der Waals surface area (Å²) in [6.07, 6.45) is 1.36. The fraction of sp³-hybridized carbons (Fsp3) is 0.182. The van der Waals surface area contributed by atoms with Gasteiger partial charge in [-0.15, -0.1) is 0 Å². The minimum absolute atomic E-state index is 0.120. The number of H-pyrrole nitrogens is 1. The summed E-state index contributed by atoms with van der Waals surface area (Å²) in [5.74, 6) is -0.443. The van der Waals surface area contributed by atoms with Crippen molar-refractivity contribution in [2.45, 2.75) is 5.16 Å². The van der Waals surface area contributed by atoms with E-state index in [0.717, 1.165) is 0 Å². The molecule has 94 valence electrons. The van der Waals surface area contributed by atoms with Gasteiger partial charge in [-0.3, -0.25) is 9.89 Å². The minimum Gasteiger partial charge on any atom is -0.494 e. The number of nitrogens with zero attached hydrogens (tertiary/aromatic N) is 2. The van der Waals surface area contributed by atoms with Crippen LogP contribution in [0.3, 0.4) is 0 Å². The van der Waals surface area contributed by atoms with Crippen LogP contribution in [-0.2, 0) is 0 Å². The molecule has 1 N–H and O–H groups in total. The van der Waals surface area contributed by atoms with E-state index in [1.54, 1.807) is 0 Å². The lowest BCUT2D eigenvalue weighted by Gasteiger charge is -2.04. The van der Waals surface area contributed by atoms with Crippen LogP contribution in [0.1, 0.15) is 10.4 Å². The van der Waals surface area contributed by atoms with Crippen molar-refractivity contribution in [1.82, 2.24) is 15.2 Å². The van der Waals surface area contributed by atoms with Crippen LogP contribution in [0.15, 0.2) is 29.7 Å². The Morgan fingerprint density at radius 2 is 2.39 bits per heavy atom. The summed E-state index contributed by atoms with van der Waals surface area (Å²) >= 11 is 1.21. The summed E-state index contributed by atoms with van der Waals surface area (Å²) in [7, 11) is 1.37. The van der Waals surface area contributed by atoms with Crippen molar-refractivity contribution in [3.63, 3.8) is 0 Å². The zero-order valence-electron chi connectivity index (χ0n) is 9.51. The van der Waals surface area contributed by atoms with E-state index in [-0.39, 0.29) is 17.3 Å². The number of aromatic nitrogens is 3. The number of nitrogens with one attached hydrogen (secondary N) is 1. The summed E-state index contributed by atoms with van der Waals surface area (Å²) in [4.78, 5) is 15.7. The van der Waals surface area contributed by atoms with Gasteiger partial charge in [-0.2, -0.15) is 5.10 Å². The second kappa shape index (κ2) is 5.63. The molecule has 0 aliphatic rings. The summed E-state index contributed by atoms with van der Waals surface area (Å²) < 4.78 is 18.2. The van der Waals surface area contributed by atoms with Crippen molar-refractivity contribution >= 4 is 17.5 Å². The highest BCUT2D eigenvalue weighted by molar-refractivity contribution is 7.99. The van der Waals surface area contributed by atoms with Crippen LogP contribution < -0.4 is 4.74 Å². The Hall–Kier alpha value is -1.89. The van der Waals surface area contributed by atoms with Gasteiger partial charge in [0, 0.05) is 5.56 Å². The van der Waals surface area contributed by atoms with Crippen LogP contribution in [0.2, 0.25) is 0 Å². The average molecular weight is 267 g/mol. The van der Waals surface area contributed by atoms with Crippen LogP contribution in [0.5, 0.6) is 5.75 Å². The maximum Gasteiger partial charge on any atom is 0.183 e. The van der Waals surface area contributed by atoms with Crippen molar-refractivity contribution in [2.24, 2.45) is 0 Å². The molecule has 0 fully saturated rings. The van der Waals surface area contributed by atoms with Gasteiger partial charge < -0.3 is 4.74 Å². The quantitative estimate of drug-likeness (QED) is 0.662. The molecule has 0 saturated carbocycles. The van der Waals surface area contributed by atoms with E-state index >= 15 is 0 Å². The first-order valence-corrected chi connectivity index (χ1v) is 6.04. The molecule has 0 atom stereocenters. The Morgan fingerprint density at radius 1 is 1.56 bits per heavy atom. The number of hydrogen-bond acceptors (Lipinski definition) is 5. The number of carbonyl (C=O) groups excluding carboxylic acids is 1. The lowest BCUT2D eigenvalue weighted by Crippen LogP contribution is -2.03. The van der Waals surface area contributed by atoms with E-state index in [2.05, 4.69) is 15.2 Å². The van der Waals surface area contributed by atoms with Gasteiger partial charge in [-0.25, -0.2) is 9.37 Å². The van der Waals surface area contributed by atoms with Crippen molar-refractivity contribution in [3.8, 4) is 5.75 Å². The molecule has 1 aromatic heterocycles. The number of methoxy groups -OCH3 is 1. The molecule has 18 heavy (non-hydrogen) atoms. The number of Topliss-reactive ketones (excluding diaryl/α,β-unsaturated/α-hetero) is 1. The van der Waals surface area contributed by atoms with Crippen molar-refractivity contribution in [3.05, 3.63) is 35.9 Å². The fourth-order valence-corrected chi connectivity index (χ4v) is 1.99. The first-order chi connectivity index (χ1) is 8.70. The molecule has 1 heterocycles. The minimum atomic E-state index is -0.548. The summed E-state index contributed by atoms with van der Waals surface area (Å²) in [5, 5.41) is 6.85. The Labute approximate surface area is 107 Å². The van der Waals surface area contributed by atoms with Gasteiger partial charge in [0.25, 0.3) is 0 Å². The van der Waals surface area contributed by atoms with E-state index in [4.69, 9.17) is 4.74 Å². The average Bonchev–Trinajstić information content (AvgIpc) is 2.89. The van der Waals surface area contributed by atoms with Crippen LogP contribution in [0.25, 0.3) is 0 Å². The maximum atomic E-state index is 13.4. The smallest absolute Gasteiger partial charge is 0.183 e. The van der Waals surface area contributed by atoms with Crippen LogP contribution >= 0.6 is 11.8 Å². The predicted octanol–water partition coefficient (Wildman–Crippen LogP) is 1.93. The normalized spacial score (nSPS) is 10.3. The fourth-order valence-electron chi connectivity index (χ4n) is 1.32. The Bertz CT molecular complexity index is 545. The van der Waals surface area contributed by atoms with Gasteiger partial charge in [0.1, 0.15) is 6.33 Å². The number of halogens is 1. The third kappa shape index (κ3) is 2.86. The molecule has 0 aliphatic carbocycles. The zero-order valence-corrected chi connectivity index (χ0v) is 10.3. The standard InChI is InChI=1S/C11H10FN3O2S/c1-17-10-3-2-7(4-8(10)12)9(16)5-18-11-13-6-14-15-11/h2-4,6H,5H2,1H3,(H,13,14,15). The molecule has 0 aliphatic heterocycles. The number of carbonyl (C=O) groups is 1. The van der Waals surface area contributed by atoms with E-state index in [1.165, 1.54) is 43.4 Å². The number of benzene rings is 1. The summed E-state index contributed by atoms with van der Waals surface area (Å²) in [6, 6.07) is 4.13. The number of ketones is 1. The predicted molar refractivity (Wildman–Crippen MR) is 64.4 cm³/mol. The Balaban J connectivity index is 2.02. The molecular formula is C11H10FN3O2S. The second-order valence-electron chi connectivity index (χ2n) is 3.35. The Kier molecular flexibility index (Phi) is 3.93. The monoisotopic (exact) mass is 267 g/mol. The summed E-state index contributed by atoms with van der Waals surface area (Å²) in [5.41, 5.74) is 0.306. The molecule has 5 nitrogen and oxygen atoms in total. The molecule has 2 rings (SSSR count). The number of hydrogen-bond donors (Lipinski definition) is 1. The number of thioether (sulfide) groups is 1. The van der Waals surface area contributed by atoms with E-state index in [1.807, 2.05) is 0 Å². The molecule has 0 bridgehead atoms. The van der Waals surface area contributed by atoms with Gasteiger partial charge in [0.15, 0.2) is 22.5 Å². The second-order valence-corrected chi connectivity index (χ2v) is 4.32.